The first-order chi connectivity index (χ1) is 12.6. The summed E-state index contributed by atoms with van der Waals surface area (Å²) in [5.74, 6) is 0.386. The molecule has 0 saturated heterocycles. The number of hydrogen-bond acceptors (Lipinski definition) is 5. The molecule has 0 fully saturated rings. The predicted molar refractivity (Wildman–Crippen MR) is 102 cm³/mol. The lowest BCUT2D eigenvalue weighted by Crippen LogP contribution is -2.06. The van der Waals surface area contributed by atoms with Crippen molar-refractivity contribution in [2.75, 3.05) is 13.7 Å². The van der Waals surface area contributed by atoms with Crippen LogP contribution in [0.5, 0.6) is 11.5 Å². The Morgan fingerprint density at radius 3 is 2.58 bits per heavy atom. The van der Waals surface area contributed by atoms with Crippen LogP contribution in [0, 0.1) is 11.3 Å². The molecule has 0 aromatic heterocycles. The SMILES string of the molecule is CCOC(=O)/C(C#N)=C/c1cc(OC)c(OCc2ccccc2)cc1Br. The quantitative estimate of drug-likeness (QED) is 0.378. The molecule has 0 radical (unpaired) electrons. The van der Waals surface area contributed by atoms with E-state index in [1.807, 2.05) is 36.4 Å². The van der Waals surface area contributed by atoms with Gasteiger partial charge in [-0.3, -0.25) is 0 Å². The summed E-state index contributed by atoms with van der Waals surface area (Å²) in [4.78, 5) is 11.8. The van der Waals surface area contributed by atoms with Crippen LogP contribution in [0.2, 0.25) is 0 Å². The molecule has 6 heteroatoms. The molecule has 134 valence electrons. The van der Waals surface area contributed by atoms with E-state index in [-0.39, 0.29) is 12.2 Å². The summed E-state index contributed by atoms with van der Waals surface area (Å²) in [6.45, 7) is 2.28. The lowest BCUT2D eigenvalue weighted by atomic mass is 10.1. The van der Waals surface area contributed by atoms with Gasteiger partial charge in [-0.15, -0.1) is 0 Å². The van der Waals surface area contributed by atoms with Gasteiger partial charge in [0.25, 0.3) is 0 Å². The van der Waals surface area contributed by atoms with Crippen molar-refractivity contribution < 1.29 is 19.0 Å². The number of nitrogens with zero attached hydrogens (tertiary/aromatic N) is 1. The normalized spacial score (nSPS) is 10.8. The molecule has 0 heterocycles. The molecular formula is C20H18BrNO4. The summed E-state index contributed by atoms with van der Waals surface area (Å²) in [7, 11) is 1.53. The van der Waals surface area contributed by atoms with Crippen LogP contribution in [-0.2, 0) is 16.1 Å². The summed E-state index contributed by atoms with van der Waals surface area (Å²) in [5.41, 5.74) is 1.55. The maximum Gasteiger partial charge on any atom is 0.348 e. The highest BCUT2D eigenvalue weighted by Crippen LogP contribution is 2.35. The van der Waals surface area contributed by atoms with E-state index in [2.05, 4.69) is 15.9 Å². The molecule has 0 bridgehead atoms. The standard InChI is InChI=1S/C20H18BrNO4/c1-3-25-20(23)16(12-22)9-15-10-18(24-2)19(11-17(15)21)26-13-14-7-5-4-6-8-14/h4-11H,3,13H2,1-2H3/b16-9+. The average Bonchev–Trinajstić information content (AvgIpc) is 2.66. The van der Waals surface area contributed by atoms with E-state index in [4.69, 9.17) is 14.2 Å². The molecule has 0 aliphatic rings. The third-order valence-electron chi connectivity index (χ3n) is 3.44. The van der Waals surface area contributed by atoms with Gasteiger partial charge < -0.3 is 14.2 Å². The van der Waals surface area contributed by atoms with Crippen LogP contribution in [0.3, 0.4) is 0 Å². The maximum absolute atomic E-state index is 11.8. The highest BCUT2D eigenvalue weighted by molar-refractivity contribution is 9.10. The second kappa shape index (κ2) is 9.64. The Kier molecular flexibility index (Phi) is 7.24. The highest BCUT2D eigenvalue weighted by Gasteiger charge is 2.14. The molecule has 2 aromatic rings. The number of benzene rings is 2. The molecule has 2 aromatic carbocycles. The Morgan fingerprint density at radius 2 is 1.96 bits per heavy atom. The van der Waals surface area contributed by atoms with Crippen molar-refractivity contribution in [1.82, 2.24) is 0 Å². The molecular weight excluding hydrogens is 398 g/mol. The zero-order chi connectivity index (χ0) is 18.9. The number of ether oxygens (including phenoxy) is 3. The smallest absolute Gasteiger partial charge is 0.348 e. The van der Waals surface area contributed by atoms with Crippen LogP contribution in [0.4, 0.5) is 0 Å². The van der Waals surface area contributed by atoms with Gasteiger partial charge in [0, 0.05) is 4.47 Å². The van der Waals surface area contributed by atoms with Crippen molar-refractivity contribution in [2.24, 2.45) is 0 Å². The van der Waals surface area contributed by atoms with Crippen LogP contribution in [-0.4, -0.2) is 19.7 Å². The molecule has 0 unspecified atom stereocenters. The van der Waals surface area contributed by atoms with Gasteiger partial charge in [-0.25, -0.2) is 4.79 Å². The Morgan fingerprint density at radius 1 is 1.23 bits per heavy atom. The molecule has 2 rings (SSSR count). The van der Waals surface area contributed by atoms with Crippen molar-refractivity contribution in [3.05, 3.63) is 63.6 Å². The number of halogens is 1. The molecule has 0 aliphatic carbocycles. The lowest BCUT2D eigenvalue weighted by Gasteiger charge is -2.13. The van der Waals surface area contributed by atoms with Crippen LogP contribution in [0.25, 0.3) is 6.08 Å². The lowest BCUT2D eigenvalue weighted by molar-refractivity contribution is -0.137. The zero-order valence-electron chi connectivity index (χ0n) is 14.5. The zero-order valence-corrected chi connectivity index (χ0v) is 16.1. The van der Waals surface area contributed by atoms with Gasteiger partial charge >= 0.3 is 5.97 Å². The van der Waals surface area contributed by atoms with Gasteiger partial charge in [0.1, 0.15) is 18.2 Å². The van der Waals surface area contributed by atoms with Crippen LogP contribution < -0.4 is 9.47 Å². The molecule has 0 amide bonds. The van der Waals surface area contributed by atoms with Crippen LogP contribution in [0.1, 0.15) is 18.1 Å². The van der Waals surface area contributed by atoms with Crippen molar-refractivity contribution >= 4 is 28.0 Å². The van der Waals surface area contributed by atoms with Gasteiger partial charge in [0.15, 0.2) is 11.5 Å². The van der Waals surface area contributed by atoms with E-state index in [0.29, 0.717) is 28.1 Å². The van der Waals surface area contributed by atoms with E-state index in [1.165, 1.54) is 13.2 Å². The van der Waals surface area contributed by atoms with Crippen LogP contribution in [0.15, 0.2) is 52.5 Å². The molecule has 0 spiro atoms. The Bertz CT molecular complexity index is 841. The van der Waals surface area contributed by atoms with E-state index >= 15 is 0 Å². The number of methoxy groups -OCH3 is 1. The van der Waals surface area contributed by atoms with Crippen molar-refractivity contribution in [3.63, 3.8) is 0 Å². The number of carbonyl (C=O) groups is 1. The number of esters is 1. The Labute approximate surface area is 160 Å². The minimum absolute atomic E-state index is 0.0902. The van der Waals surface area contributed by atoms with Gasteiger partial charge in [-0.1, -0.05) is 46.3 Å². The van der Waals surface area contributed by atoms with Gasteiger partial charge in [-0.05, 0) is 36.3 Å². The Hall–Kier alpha value is -2.78. The van der Waals surface area contributed by atoms with Gasteiger partial charge in [-0.2, -0.15) is 5.26 Å². The summed E-state index contributed by atoms with van der Waals surface area (Å²) >= 11 is 3.44. The topological polar surface area (TPSA) is 68.6 Å². The first kappa shape index (κ1) is 19.5. The number of rotatable bonds is 7. The number of carbonyl (C=O) groups excluding carboxylic acids is 1. The third kappa shape index (κ3) is 5.11. The van der Waals surface area contributed by atoms with Gasteiger partial charge in [0.2, 0.25) is 0 Å². The van der Waals surface area contributed by atoms with Gasteiger partial charge in [0.05, 0.1) is 13.7 Å². The fourth-order valence-corrected chi connectivity index (χ4v) is 2.61. The maximum atomic E-state index is 11.8. The monoisotopic (exact) mass is 415 g/mol. The fourth-order valence-electron chi connectivity index (χ4n) is 2.17. The van der Waals surface area contributed by atoms with E-state index < -0.39 is 5.97 Å². The largest absolute Gasteiger partial charge is 0.493 e. The van der Waals surface area contributed by atoms with Crippen molar-refractivity contribution in [2.45, 2.75) is 13.5 Å². The van der Waals surface area contributed by atoms with E-state index in [9.17, 15) is 10.1 Å². The minimum atomic E-state index is -0.662. The highest BCUT2D eigenvalue weighted by atomic mass is 79.9. The Balaban J connectivity index is 2.28. The molecule has 5 nitrogen and oxygen atoms in total. The number of nitriles is 1. The van der Waals surface area contributed by atoms with Crippen molar-refractivity contribution in [1.29, 1.82) is 5.26 Å². The molecule has 26 heavy (non-hydrogen) atoms. The summed E-state index contributed by atoms with van der Waals surface area (Å²) in [6, 6.07) is 15.1. The van der Waals surface area contributed by atoms with Crippen LogP contribution >= 0.6 is 15.9 Å². The molecule has 0 atom stereocenters. The predicted octanol–water partition coefficient (Wildman–Crippen LogP) is 4.51. The second-order valence-corrected chi connectivity index (χ2v) is 6.04. The van der Waals surface area contributed by atoms with E-state index in [1.54, 1.807) is 19.1 Å². The first-order valence-electron chi connectivity index (χ1n) is 7.92. The number of hydrogen-bond donors (Lipinski definition) is 0. The summed E-state index contributed by atoms with van der Waals surface area (Å²) in [5, 5.41) is 9.18. The third-order valence-corrected chi connectivity index (χ3v) is 4.12. The molecule has 0 saturated carbocycles. The van der Waals surface area contributed by atoms with E-state index in [0.717, 1.165) is 5.56 Å². The first-order valence-corrected chi connectivity index (χ1v) is 8.71. The minimum Gasteiger partial charge on any atom is -0.493 e. The summed E-state index contributed by atoms with van der Waals surface area (Å²) < 4.78 is 16.8. The molecule has 0 aliphatic heterocycles. The average molecular weight is 416 g/mol. The van der Waals surface area contributed by atoms with Crippen molar-refractivity contribution in [3.8, 4) is 17.6 Å². The second-order valence-electron chi connectivity index (χ2n) is 5.19. The fraction of sp³-hybridized carbons (Fsp3) is 0.200. The molecule has 0 N–H and O–H groups in total. The summed E-state index contributed by atoms with van der Waals surface area (Å²) in [6.07, 6.45) is 1.45.